The SMILES string of the molecule is C.C.C.C.C.C.C.C.C.C.CC[C@@H]1CC2=CC(=O)CC[C@@H]2[C@H]2CC[C@@]3(C)[C@@H]([C@H]4C[C@H]4[C@@]34C=CCO4)[C@H]12.CC[C@H]1CC2=CC(=O)CC[C@@H]2[C@H]2CC[C@@]3(C)[C@@H]([C@H]4C[C@H]4[C@@]34C=CCO4)[C@H]12. The molecule has 12 rings (SSSR count). The largest absolute Gasteiger partial charge is 0.366 e. The molecule has 10 aliphatic carbocycles. The molecule has 8 fully saturated rings. The van der Waals surface area contributed by atoms with E-state index in [9.17, 15) is 9.59 Å². The van der Waals surface area contributed by atoms with Crippen LogP contribution in [-0.2, 0) is 19.1 Å². The highest BCUT2D eigenvalue weighted by Crippen LogP contribution is 2.79. The van der Waals surface area contributed by atoms with Crippen molar-refractivity contribution >= 4 is 11.6 Å². The van der Waals surface area contributed by atoms with Crippen molar-refractivity contribution in [3.63, 3.8) is 0 Å². The molecule has 0 bridgehead atoms. The van der Waals surface area contributed by atoms with Crippen LogP contribution in [0.15, 0.2) is 47.6 Å². The zero-order valence-corrected chi connectivity index (χ0v) is 32.5. The molecule has 2 spiro atoms. The number of rotatable bonds is 2. The monoisotopic (exact) mass is 865 g/mol. The molecule has 4 heteroatoms. The van der Waals surface area contributed by atoms with E-state index in [2.05, 4.69) is 64.2 Å². The van der Waals surface area contributed by atoms with E-state index < -0.39 is 0 Å². The summed E-state index contributed by atoms with van der Waals surface area (Å²) in [6.45, 7) is 11.6. The Morgan fingerprint density at radius 2 is 0.919 bits per heavy atom. The minimum absolute atomic E-state index is 0. The van der Waals surface area contributed by atoms with Gasteiger partial charge in [0, 0.05) is 23.7 Å². The van der Waals surface area contributed by atoms with Crippen LogP contribution < -0.4 is 0 Å². The summed E-state index contributed by atoms with van der Waals surface area (Å²) < 4.78 is 13.1. The molecule has 2 aliphatic heterocycles. The molecule has 0 radical (unpaired) electrons. The summed E-state index contributed by atoms with van der Waals surface area (Å²) in [6, 6.07) is 0. The van der Waals surface area contributed by atoms with Crippen LogP contribution in [0, 0.1) is 93.7 Å². The van der Waals surface area contributed by atoms with E-state index >= 15 is 0 Å². The molecule has 0 aromatic heterocycles. The van der Waals surface area contributed by atoms with E-state index in [-0.39, 0.29) is 85.5 Å². The second kappa shape index (κ2) is 20.0. The first-order chi connectivity index (χ1) is 25.2. The number of hydrogen-bond donors (Lipinski definition) is 0. The van der Waals surface area contributed by atoms with E-state index in [0.717, 1.165) is 110 Å². The Bertz CT molecular complexity index is 1560. The molecule has 62 heavy (non-hydrogen) atoms. The van der Waals surface area contributed by atoms with Crippen LogP contribution in [0.25, 0.3) is 0 Å². The minimum Gasteiger partial charge on any atom is -0.366 e. The summed E-state index contributed by atoms with van der Waals surface area (Å²) in [6.07, 6.45) is 30.6. The third-order valence-corrected chi connectivity index (χ3v) is 19.6. The smallest absolute Gasteiger partial charge is 0.155 e. The van der Waals surface area contributed by atoms with Crippen LogP contribution in [0.3, 0.4) is 0 Å². The van der Waals surface area contributed by atoms with E-state index in [1.807, 2.05) is 0 Å². The van der Waals surface area contributed by atoms with Crippen molar-refractivity contribution in [1.29, 1.82) is 0 Å². The first kappa shape index (κ1) is 58.2. The fourth-order valence-electron chi connectivity index (χ4n) is 17.7. The Morgan fingerprint density at radius 3 is 1.24 bits per heavy atom. The maximum atomic E-state index is 12.0. The Hall–Kier alpha value is -1.78. The lowest BCUT2D eigenvalue weighted by Gasteiger charge is -2.59. The predicted octanol–water partition coefficient (Wildman–Crippen LogP) is 16.3. The van der Waals surface area contributed by atoms with Gasteiger partial charge in [0.2, 0.25) is 0 Å². The normalized spacial score (nSPS) is 47.5. The third kappa shape index (κ3) is 7.43. The van der Waals surface area contributed by atoms with Gasteiger partial charge >= 0.3 is 0 Å². The van der Waals surface area contributed by atoms with Gasteiger partial charge in [0.15, 0.2) is 11.6 Å². The fourth-order valence-corrected chi connectivity index (χ4v) is 17.7. The summed E-state index contributed by atoms with van der Waals surface area (Å²) in [5, 5.41) is 0. The van der Waals surface area contributed by atoms with E-state index in [4.69, 9.17) is 9.47 Å². The van der Waals surface area contributed by atoms with Gasteiger partial charge in [-0.2, -0.15) is 0 Å². The molecule has 0 unspecified atom stereocenters. The predicted molar refractivity (Wildman–Crippen MR) is 270 cm³/mol. The van der Waals surface area contributed by atoms with Crippen molar-refractivity contribution in [2.75, 3.05) is 13.2 Å². The van der Waals surface area contributed by atoms with Crippen molar-refractivity contribution in [3.8, 4) is 0 Å². The van der Waals surface area contributed by atoms with E-state index in [1.54, 1.807) is 0 Å². The summed E-state index contributed by atoms with van der Waals surface area (Å²) in [5.41, 5.74) is 3.85. The van der Waals surface area contributed by atoms with Gasteiger partial charge in [-0.25, -0.2) is 0 Å². The Balaban J connectivity index is 0.000000534. The van der Waals surface area contributed by atoms with E-state index in [1.165, 1.54) is 75.4 Å². The molecule has 0 saturated heterocycles. The van der Waals surface area contributed by atoms with Gasteiger partial charge in [-0.05, 0) is 159 Å². The lowest BCUT2D eigenvalue weighted by atomic mass is 9.46. The maximum Gasteiger partial charge on any atom is 0.155 e. The van der Waals surface area contributed by atoms with Crippen molar-refractivity contribution < 1.29 is 19.1 Å². The summed E-state index contributed by atoms with van der Waals surface area (Å²) in [5.74, 6) is 12.2. The Labute approximate surface area is 386 Å². The first-order valence-electron chi connectivity index (χ1n) is 22.3. The van der Waals surface area contributed by atoms with Gasteiger partial charge in [-0.15, -0.1) is 0 Å². The molecule has 8 saturated carbocycles. The molecule has 0 aromatic carbocycles. The number of allylic oxidation sites excluding steroid dienone is 2. The zero-order valence-electron chi connectivity index (χ0n) is 32.5. The zero-order chi connectivity index (χ0) is 35.4. The topological polar surface area (TPSA) is 52.6 Å². The van der Waals surface area contributed by atoms with Crippen LogP contribution in [0.4, 0.5) is 0 Å². The van der Waals surface area contributed by atoms with Gasteiger partial charge in [0.05, 0.1) is 24.4 Å². The van der Waals surface area contributed by atoms with Crippen molar-refractivity contribution in [2.24, 2.45) is 93.7 Å². The highest BCUT2D eigenvalue weighted by Gasteiger charge is 2.78. The lowest BCUT2D eigenvalue weighted by molar-refractivity contribution is -0.141. The van der Waals surface area contributed by atoms with Crippen molar-refractivity contribution in [2.45, 2.75) is 203 Å². The highest BCUT2D eigenvalue weighted by atomic mass is 16.5. The molecule has 4 nitrogen and oxygen atoms in total. The lowest BCUT2D eigenvalue weighted by Crippen LogP contribution is -2.56. The minimum atomic E-state index is 0. The van der Waals surface area contributed by atoms with Gasteiger partial charge in [0.25, 0.3) is 0 Å². The summed E-state index contributed by atoms with van der Waals surface area (Å²) >= 11 is 0. The number of ketones is 2. The van der Waals surface area contributed by atoms with Gasteiger partial charge < -0.3 is 9.47 Å². The molecule has 18 atom stereocenters. The van der Waals surface area contributed by atoms with Crippen LogP contribution in [0.5, 0.6) is 0 Å². The summed E-state index contributed by atoms with van der Waals surface area (Å²) in [4.78, 5) is 24.1. The standard InChI is InChI=1S/2C24H32O2.10CH4/c2*1-3-14-11-15-12-16(25)5-6-17(15)18-7-9-23(2)22(21(14)18)19-13-20(19)24(23)8-4-10-26-24;;;;;;;;;;/h2*4,8,12,14,17-22H,3,5-7,9-11,13H2,1-2H3;10*1H4/t14-,17+,18-,19+,20-,21-,22+,23+,24+;14-,17-,18+,19-,20+,21+,22-,23-,24-;;;;;;;;;;/m10........../s1. The number of carbonyl (C=O) groups excluding carboxylic acids is 2. The molecular weight excluding hydrogens is 761 g/mol. The number of hydrogen-bond acceptors (Lipinski definition) is 4. The van der Waals surface area contributed by atoms with Crippen LogP contribution in [0.1, 0.15) is 192 Å². The number of ether oxygens (including phenoxy) is 2. The van der Waals surface area contributed by atoms with Crippen LogP contribution in [-0.4, -0.2) is 36.0 Å². The number of carbonyl (C=O) groups is 2. The quantitative estimate of drug-likeness (QED) is 0.260. The van der Waals surface area contributed by atoms with Crippen LogP contribution >= 0.6 is 0 Å². The summed E-state index contributed by atoms with van der Waals surface area (Å²) in [7, 11) is 0. The molecule has 12 aliphatic rings. The van der Waals surface area contributed by atoms with E-state index in [0.29, 0.717) is 34.2 Å². The average Bonchev–Trinajstić information content (AvgIpc) is 3.93. The maximum absolute atomic E-state index is 12.0. The highest BCUT2D eigenvalue weighted by molar-refractivity contribution is 5.91. The molecule has 0 aromatic rings. The average molecular weight is 865 g/mol. The number of fused-ring (bicyclic) bond motifs is 18. The Kier molecular flexibility index (Phi) is 18.8. The van der Waals surface area contributed by atoms with Crippen LogP contribution in [0.2, 0.25) is 0 Å². The molecule has 0 N–H and O–H groups in total. The third-order valence-electron chi connectivity index (χ3n) is 19.6. The second-order valence-electron chi connectivity index (χ2n) is 20.9. The molecule has 2 heterocycles. The van der Waals surface area contributed by atoms with Gasteiger partial charge in [-0.3, -0.25) is 9.59 Å². The molecule has 0 amide bonds. The van der Waals surface area contributed by atoms with Gasteiger partial charge in [0.1, 0.15) is 0 Å². The van der Waals surface area contributed by atoms with Crippen molar-refractivity contribution in [3.05, 3.63) is 47.6 Å². The molecular formula is C58H104O4. The first-order valence-corrected chi connectivity index (χ1v) is 22.3. The molecule has 360 valence electrons. The van der Waals surface area contributed by atoms with Crippen molar-refractivity contribution in [1.82, 2.24) is 0 Å². The van der Waals surface area contributed by atoms with Gasteiger partial charge in [-0.1, -0.05) is 150 Å². The fraction of sp³-hybridized carbons (Fsp3) is 0.828. The Morgan fingerprint density at radius 1 is 0.548 bits per heavy atom. The second-order valence-corrected chi connectivity index (χ2v) is 20.9.